The fourth-order valence-electron chi connectivity index (χ4n) is 2.04. The lowest BCUT2D eigenvalue weighted by molar-refractivity contribution is -0.127. The topological polar surface area (TPSA) is 72.9 Å². The van der Waals surface area contributed by atoms with E-state index in [1.54, 1.807) is 30.3 Å². The van der Waals surface area contributed by atoms with Crippen LogP contribution in [0.4, 0.5) is 5.82 Å². The lowest BCUT2D eigenvalue weighted by atomic mass is 10.3. The highest BCUT2D eigenvalue weighted by atomic mass is 127. The standard InChI is InChI=1S/C18H26N6OS.HI/c1-23(2)16-9-5-7-14(22-16)11-19-18(21-13-17(25)24(3)4)20-12-15-8-6-10-26-15;/h5-10H,11-13H2,1-4H3,(H2,19,20,21);1H. The maximum absolute atomic E-state index is 11.8. The summed E-state index contributed by atoms with van der Waals surface area (Å²) in [5.74, 6) is 1.47. The summed E-state index contributed by atoms with van der Waals surface area (Å²) in [5.41, 5.74) is 0.868. The highest BCUT2D eigenvalue weighted by Gasteiger charge is 2.07. The zero-order chi connectivity index (χ0) is 18.9. The fraction of sp³-hybridized carbons (Fsp3) is 0.389. The van der Waals surface area contributed by atoms with Gasteiger partial charge < -0.3 is 20.4 Å². The van der Waals surface area contributed by atoms with Crippen molar-refractivity contribution < 1.29 is 4.79 Å². The molecule has 0 radical (unpaired) electrons. The van der Waals surface area contributed by atoms with Gasteiger partial charge in [-0.25, -0.2) is 9.98 Å². The molecule has 2 aromatic heterocycles. The third kappa shape index (κ3) is 8.12. The van der Waals surface area contributed by atoms with Gasteiger partial charge in [0.15, 0.2) is 5.96 Å². The fourth-order valence-corrected chi connectivity index (χ4v) is 2.68. The summed E-state index contributed by atoms with van der Waals surface area (Å²) in [6.45, 7) is 1.27. The molecule has 0 aromatic carbocycles. The zero-order valence-corrected chi connectivity index (χ0v) is 19.2. The van der Waals surface area contributed by atoms with Crippen molar-refractivity contribution >= 4 is 53.0 Å². The Morgan fingerprint density at radius 1 is 1.15 bits per heavy atom. The van der Waals surface area contributed by atoms with Crippen LogP contribution in [0.15, 0.2) is 40.7 Å². The number of nitrogens with one attached hydrogen (secondary N) is 2. The number of pyridine rings is 1. The molecule has 148 valence electrons. The van der Waals surface area contributed by atoms with Crippen LogP contribution < -0.4 is 15.5 Å². The SMILES string of the molecule is CN(C)C(=O)CNC(=NCc1cccc(N(C)C)n1)NCc1cccs1.I. The number of carbonyl (C=O) groups excluding carboxylic acids is 1. The first-order valence-corrected chi connectivity index (χ1v) is 9.21. The Morgan fingerprint density at radius 3 is 2.56 bits per heavy atom. The van der Waals surface area contributed by atoms with Crippen molar-refractivity contribution in [2.75, 3.05) is 39.6 Å². The molecule has 2 N–H and O–H groups in total. The summed E-state index contributed by atoms with van der Waals surface area (Å²) in [4.78, 5) is 25.7. The van der Waals surface area contributed by atoms with Gasteiger partial charge in [0, 0.05) is 33.1 Å². The van der Waals surface area contributed by atoms with E-state index in [9.17, 15) is 4.79 Å². The number of aromatic nitrogens is 1. The smallest absolute Gasteiger partial charge is 0.241 e. The highest BCUT2D eigenvalue weighted by Crippen LogP contribution is 2.09. The van der Waals surface area contributed by atoms with Crippen molar-refractivity contribution in [2.45, 2.75) is 13.1 Å². The zero-order valence-electron chi connectivity index (χ0n) is 16.1. The normalized spacial score (nSPS) is 10.7. The molecule has 0 aliphatic rings. The van der Waals surface area contributed by atoms with Crippen LogP contribution in [-0.4, -0.2) is 56.5 Å². The van der Waals surface area contributed by atoms with Gasteiger partial charge in [-0.15, -0.1) is 35.3 Å². The molecule has 2 aromatic rings. The summed E-state index contributed by atoms with van der Waals surface area (Å²) in [6.07, 6.45) is 0. The number of hydrogen-bond acceptors (Lipinski definition) is 5. The van der Waals surface area contributed by atoms with E-state index >= 15 is 0 Å². The molecule has 1 amide bonds. The molecule has 0 fully saturated rings. The summed E-state index contributed by atoms with van der Waals surface area (Å²) in [6, 6.07) is 9.94. The van der Waals surface area contributed by atoms with E-state index in [1.165, 1.54) is 4.88 Å². The number of hydrogen-bond donors (Lipinski definition) is 2. The Labute approximate surface area is 181 Å². The van der Waals surface area contributed by atoms with Crippen LogP contribution in [-0.2, 0) is 17.9 Å². The first kappa shape index (κ1) is 23.2. The van der Waals surface area contributed by atoms with Crippen molar-refractivity contribution in [3.05, 3.63) is 46.3 Å². The second-order valence-electron chi connectivity index (χ2n) is 6.12. The highest BCUT2D eigenvalue weighted by molar-refractivity contribution is 14.0. The average Bonchev–Trinajstić information content (AvgIpc) is 3.14. The van der Waals surface area contributed by atoms with Crippen LogP contribution in [0.2, 0.25) is 0 Å². The molecule has 0 saturated heterocycles. The first-order valence-electron chi connectivity index (χ1n) is 8.33. The van der Waals surface area contributed by atoms with Gasteiger partial charge in [0.2, 0.25) is 5.91 Å². The number of carbonyl (C=O) groups is 1. The largest absolute Gasteiger partial charge is 0.363 e. The number of amides is 1. The monoisotopic (exact) mass is 502 g/mol. The Hall–Kier alpha value is -1.88. The molecular formula is C18H27IN6OS. The van der Waals surface area contributed by atoms with Gasteiger partial charge in [-0.2, -0.15) is 0 Å². The Morgan fingerprint density at radius 2 is 1.93 bits per heavy atom. The quantitative estimate of drug-likeness (QED) is 0.345. The summed E-state index contributed by atoms with van der Waals surface area (Å²) >= 11 is 1.68. The van der Waals surface area contributed by atoms with Gasteiger partial charge >= 0.3 is 0 Å². The maximum Gasteiger partial charge on any atom is 0.241 e. The summed E-state index contributed by atoms with van der Waals surface area (Å²) < 4.78 is 0. The average molecular weight is 502 g/mol. The molecule has 0 aliphatic heterocycles. The lowest BCUT2D eigenvalue weighted by Gasteiger charge is -2.15. The third-order valence-corrected chi connectivity index (χ3v) is 4.44. The molecule has 0 aliphatic carbocycles. The van der Waals surface area contributed by atoms with Crippen LogP contribution in [0.5, 0.6) is 0 Å². The van der Waals surface area contributed by atoms with E-state index in [2.05, 4.69) is 26.7 Å². The minimum atomic E-state index is -0.0108. The van der Waals surface area contributed by atoms with E-state index < -0.39 is 0 Å². The molecule has 27 heavy (non-hydrogen) atoms. The maximum atomic E-state index is 11.8. The van der Waals surface area contributed by atoms with Crippen molar-refractivity contribution in [3.8, 4) is 0 Å². The van der Waals surface area contributed by atoms with Crippen LogP contribution in [0.25, 0.3) is 0 Å². The van der Waals surface area contributed by atoms with Gasteiger partial charge in [-0.05, 0) is 23.6 Å². The van der Waals surface area contributed by atoms with E-state index in [0.717, 1.165) is 11.5 Å². The molecule has 7 nitrogen and oxygen atoms in total. The summed E-state index contributed by atoms with van der Waals surface area (Å²) in [7, 11) is 7.38. The van der Waals surface area contributed by atoms with E-state index in [0.29, 0.717) is 19.0 Å². The van der Waals surface area contributed by atoms with Crippen molar-refractivity contribution in [3.63, 3.8) is 0 Å². The van der Waals surface area contributed by atoms with Gasteiger partial charge in [-0.3, -0.25) is 4.79 Å². The van der Waals surface area contributed by atoms with Gasteiger partial charge in [0.05, 0.1) is 25.3 Å². The lowest BCUT2D eigenvalue weighted by Crippen LogP contribution is -2.42. The number of anilines is 1. The van der Waals surface area contributed by atoms with Crippen molar-refractivity contribution in [1.82, 2.24) is 20.5 Å². The molecule has 0 spiro atoms. The summed E-state index contributed by atoms with van der Waals surface area (Å²) in [5, 5.41) is 8.38. The van der Waals surface area contributed by atoms with E-state index in [-0.39, 0.29) is 36.4 Å². The number of nitrogens with zero attached hydrogens (tertiary/aromatic N) is 4. The number of likely N-dealkylation sites (N-methyl/N-ethyl adjacent to an activating group) is 1. The van der Waals surface area contributed by atoms with E-state index in [4.69, 9.17) is 0 Å². The van der Waals surface area contributed by atoms with Crippen molar-refractivity contribution in [2.24, 2.45) is 4.99 Å². The minimum absolute atomic E-state index is 0. The Kier molecular flexibility index (Phi) is 10.1. The van der Waals surface area contributed by atoms with Crippen LogP contribution in [0.3, 0.4) is 0 Å². The number of rotatable bonds is 7. The molecule has 2 rings (SSSR count). The number of guanidine groups is 1. The minimum Gasteiger partial charge on any atom is -0.363 e. The molecule has 0 bridgehead atoms. The van der Waals surface area contributed by atoms with Gasteiger partial charge in [0.25, 0.3) is 0 Å². The molecule has 0 saturated carbocycles. The molecular weight excluding hydrogens is 475 g/mol. The van der Waals surface area contributed by atoms with Crippen LogP contribution in [0, 0.1) is 0 Å². The Balaban J connectivity index is 0.00000364. The van der Waals surface area contributed by atoms with Crippen LogP contribution >= 0.6 is 35.3 Å². The number of thiophene rings is 1. The Bertz CT molecular complexity index is 733. The van der Waals surface area contributed by atoms with Gasteiger partial charge in [-0.1, -0.05) is 12.1 Å². The molecule has 9 heteroatoms. The third-order valence-electron chi connectivity index (χ3n) is 3.57. The van der Waals surface area contributed by atoms with Crippen LogP contribution in [0.1, 0.15) is 10.6 Å². The predicted octanol–water partition coefficient (Wildman–Crippen LogP) is 2.15. The van der Waals surface area contributed by atoms with E-state index in [1.807, 2.05) is 48.6 Å². The molecule has 2 heterocycles. The first-order chi connectivity index (χ1) is 12.5. The number of halogens is 1. The molecule has 0 unspecified atom stereocenters. The molecule has 0 atom stereocenters. The van der Waals surface area contributed by atoms with Gasteiger partial charge in [0.1, 0.15) is 5.82 Å². The number of aliphatic imine (C=N–C) groups is 1. The van der Waals surface area contributed by atoms with Crippen molar-refractivity contribution in [1.29, 1.82) is 0 Å². The predicted molar refractivity (Wildman–Crippen MR) is 123 cm³/mol. The second-order valence-corrected chi connectivity index (χ2v) is 7.15. The second kappa shape index (κ2) is 11.8.